The third-order valence-electron chi connectivity index (χ3n) is 3.91. The number of hydrogen-bond donors (Lipinski definition) is 0. The van der Waals surface area contributed by atoms with Crippen LogP contribution in [0.4, 0.5) is 0 Å². The van der Waals surface area contributed by atoms with E-state index in [4.69, 9.17) is 4.74 Å². The first-order valence-electron chi connectivity index (χ1n) is 7.79. The van der Waals surface area contributed by atoms with Crippen LogP contribution in [0.1, 0.15) is 25.0 Å². The lowest BCUT2D eigenvalue weighted by molar-refractivity contribution is 0.263. The summed E-state index contributed by atoms with van der Waals surface area (Å²) in [5, 5.41) is 4.40. The van der Waals surface area contributed by atoms with Gasteiger partial charge in [-0.3, -0.25) is 0 Å². The van der Waals surface area contributed by atoms with Crippen molar-refractivity contribution < 1.29 is 4.74 Å². The van der Waals surface area contributed by atoms with Crippen LogP contribution in [0.3, 0.4) is 0 Å². The highest BCUT2D eigenvalue weighted by Gasteiger charge is 2.10. The summed E-state index contributed by atoms with van der Waals surface area (Å²) in [6.45, 7) is 6.46. The molecule has 112 valence electrons. The molecular weight excluding hydrogens is 262 g/mol. The molecule has 1 aromatic carbocycles. The molecular formula is C17H23N3O. The fourth-order valence-corrected chi connectivity index (χ4v) is 2.74. The largest absolute Gasteiger partial charge is 0.494 e. The zero-order valence-electron chi connectivity index (χ0n) is 12.7. The SMILES string of the molecule is Cc1ccn(-c2ccc(OCCCN3CCCC3)cc2)n1. The molecule has 0 saturated carbocycles. The van der Waals surface area contributed by atoms with Gasteiger partial charge < -0.3 is 9.64 Å². The van der Waals surface area contributed by atoms with Crippen molar-refractivity contribution in [2.24, 2.45) is 0 Å². The number of likely N-dealkylation sites (tertiary alicyclic amines) is 1. The van der Waals surface area contributed by atoms with Crippen molar-refractivity contribution in [2.75, 3.05) is 26.2 Å². The van der Waals surface area contributed by atoms with Crippen molar-refractivity contribution in [3.05, 3.63) is 42.2 Å². The molecule has 21 heavy (non-hydrogen) atoms. The summed E-state index contributed by atoms with van der Waals surface area (Å²) >= 11 is 0. The van der Waals surface area contributed by atoms with Crippen molar-refractivity contribution in [2.45, 2.75) is 26.2 Å². The summed E-state index contributed by atoms with van der Waals surface area (Å²) in [4.78, 5) is 2.52. The average Bonchev–Trinajstić information content (AvgIpc) is 3.16. The number of aryl methyl sites for hydroxylation is 1. The molecule has 3 rings (SSSR count). The van der Waals surface area contributed by atoms with Crippen molar-refractivity contribution >= 4 is 0 Å². The van der Waals surface area contributed by atoms with Gasteiger partial charge in [0.2, 0.25) is 0 Å². The Bertz CT molecular complexity index is 556. The second-order valence-corrected chi connectivity index (χ2v) is 5.65. The van der Waals surface area contributed by atoms with Crippen LogP contribution in [0, 0.1) is 6.92 Å². The van der Waals surface area contributed by atoms with Crippen LogP contribution in [0.15, 0.2) is 36.5 Å². The quantitative estimate of drug-likeness (QED) is 0.764. The molecule has 4 heteroatoms. The molecule has 2 heterocycles. The Morgan fingerprint density at radius 1 is 1.10 bits per heavy atom. The van der Waals surface area contributed by atoms with Crippen molar-refractivity contribution in [3.63, 3.8) is 0 Å². The van der Waals surface area contributed by atoms with Crippen molar-refractivity contribution in [3.8, 4) is 11.4 Å². The number of ether oxygens (including phenoxy) is 1. The highest BCUT2D eigenvalue weighted by molar-refractivity contribution is 5.36. The van der Waals surface area contributed by atoms with Gasteiger partial charge in [0, 0.05) is 12.7 Å². The molecule has 0 unspecified atom stereocenters. The second kappa shape index (κ2) is 6.76. The van der Waals surface area contributed by atoms with Crippen LogP contribution < -0.4 is 4.74 Å². The summed E-state index contributed by atoms with van der Waals surface area (Å²) in [7, 11) is 0. The highest BCUT2D eigenvalue weighted by atomic mass is 16.5. The molecule has 0 atom stereocenters. The van der Waals surface area contributed by atoms with Crippen LogP contribution >= 0.6 is 0 Å². The topological polar surface area (TPSA) is 30.3 Å². The van der Waals surface area contributed by atoms with E-state index >= 15 is 0 Å². The molecule has 0 bridgehead atoms. The van der Waals surface area contributed by atoms with Gasteiger partial charge in [-0.1, -0.05) is 0 Å². The molecule has 0 N–H and O–H groups in total. The van der Waals surface area contributed by atoms with E-state index in [-0.39, 0.29) is 0 Å². The van der Waals surface area contributed by atoms with Gasteiger partial charge in [-0.15, -0.1) is 0 Å². The van der Waals surface area contributed by atoms with E-state index in [0.29, 0.717) is 0 Å². The fourth-order valence-electron chi connectivity index (χ4n) is 2.74. The van der Waals surface area contributed by atoms with E-state index < -0.39 is 0 Å². The van der Waals surface area contributed by atoms with E-state index in [0.717, 1.165) is 36.7 Å². The molecule has 1 aliphatic heterocycles. The number of benzene rings is 1. The summed E-state index contributed by atoms with van der Waals surface area (Å²) < 4.78 is 7.69. The van der Waals surface area contributed by atoms with Crippen LogP contribution in [0.25, 0.3) is 5.69 Å². The van der Waals surface area contributed by atoms with E-state index in [2.05, 4.69) is 10.00 Å². The number of hydrogen-bond acceptors (Lipinski definition) is 3. The van der Waals surface area contributed by atoms with Gasteiger partial charge in [-0.05, 0) is 69.6 Å². The van der Waals surface area contributed by atoms with Gasteiger partial charge in [0.05, 0.1) is 18.0 Å². The van der Waals surface area contributed by atoms with E-state index in [9.17, 15) is 0 Å². The lowest BCUT2D eigenvalue weighted by Crippen LogP contribution is -2.21. The molecule has 0 spiro atoms. The predicted octanol–water partition coefficient (Wildman–Crippen LogP) is 3.05. The van der Waals surface area contributed by atoms with Crippen molar-refractivity contribution in [1.82, 2.24) is 14.7 Å². The molecule has 1 aromatic heterocycles. The third kappa shape index (κ3) is 3.85. The zero-order chi connectivity index (χ0) is 14.5. The van der Waals surface area contributed by atoms with Gasteiger partial charge in [-0.2, -0.15) is 5.10 Å². The average molecular weight is 285 g/mol. The Balaban J connectivity index is 1.46. The number of rotatable bonds is 6. The lowest BCUT2D eigenvalue weighted by atomic mass is 10.3. The Morgan fingerprint density at radius 2 is 1.86 bits per heavy atom. The molecule has 0 aliphatic carbocycles. The minimum atomic E-state index is 0.788. The fraction of sp³-hybridized carbons (Fsp3) is 0.471. The summed E-state index contributed by atoms with van der Waals surface area (Å²) in [5.74, 6) is 0.934. The van der Waals surface area contributed by atoms with Gasteiger partial charge in [0.25, 0.3) is 0 Å². The van der Waals surface area contributed by atoms with Gasteiger partial charge in [-0.25, -0.2) is 4.68 Å². The second-order valence-electron chi connectivity index (χ2n) is 5.65. The summed E-state index contributed by atoms with van der Waals surface area (Å²) in [5.41, 5.74) is 2.09. The minimum absolute atomic E-state index is 0.788. The number of aromatic nitrogens is 2. The van der Waals surface area contributed by atoms with E-state index in [1.54, 1.807) is 0 Å². The van der Waals surface area contributed by atoms with Crippen LogP contribution in [0.2, 0.25) is 0 Å². The maximum atomic E-state index is 5.81. The van der Waals surface area contributed by atoms with Crippen LogP contribution in [0.5, 0.6) is 5.75 Å². The maximum Gasteiger partial charge on any atom is 0.119 e. The molecule has 2 aromatic rings. The summed E-state index contributed by atoms with van der Waals surface area (Å²) in [6.07, 6.45) is 5.78. The normalized spacial score (nSPS) is 15.5. The smallest absolute Gasteiger partial charge is 0.119 e. The van der Waals surface area contributed by atoms with Gasteiger partial charge in [0.15, 0.2) is 0 Å². The monoisotopic (exact) mass is 285 g/mol. The zero-order valence-corrected chi connectivity index (χ0v) is 12.7. The van der Waals surface area contributed by atoms with E-state index in [1.165, 1.54) is 25.9 Å². The predicted molar refractivity (Wildman–Crippen MR) is 84.1 cm³/mol. The number of nitrogens with zero attached hydrogens (tertiary/aromatic N) is 3. The maximum absolute atomic E-state index is 5.81. The molecule has 0 amide bonds. The van der Waals surface area contributed by atoms with Crippen LogP contribution in [-0.4, -0.2) is 40.9 Å². The first kappa shape index (κ1) is 14.1. The first-order valence-corrected chi connectivity index (χ1v) is 7.79. The van der Waals surface area contributed by atoms with Crippen molar-refractivity contribution in [1.29, 1.82) is 0 Å². The van der Waals surface area contributed by atoms with Crippen LogP contribution in [-0.2, 0) is 0 Å². The Kier molecular flexibility index (Phi) is 4.55. The highest BCUT2D eigenvalue weighted by Crippen LogP contribution is 2.15. The van der Waals surface area contributed by atoms with Gasteiger partial charge >= 0.3 is 0 Å². The molecule has 1 saturated heterocycles. The first-order chi connectivity index (χ1) is 10.3. The van der Waals surface area contributed by atoms with Gasteiger partial charge in [0.1, 0.15) is 5.75 Å². The Labute approximate surface area is 126 Å². The molecule has 4 nitrogen and oxygen atoms in total. The molecule has 1 aliphatic rings. The summed E-state index contributed by atoms with van der Waals surface area (Å²) in [6, 6.07) is 10.1. The lowest BCUT2D eigenvalue weighted by Gasteiger charge is -2.14. The molecule has 0 radical (unpaired) electrons. The minimum Gasteiger partial charge on any atom is -0.494 e. The Morgan fingerprint density at radius 3 is 2.52 bits per heavy atom. The van der Waals surface area contributed by atoms with E-state index in [1.807, 2.05) is 48.1 Å². The standard InChI is InChI=1S/C17H23N3O/c1-15-9-13-20(18-15)16-5-7-17(8-6-16)21-14-4-12-19-10-2-3-11-19/h5-9,13H,2-4,10-12,14H2,1H3. The Hall–Kier alpha value is -1.81. The third-order valence-corrected chi connectivity index (χ3v) is 3.91. The molecule has 1 fully saturated rings.